The zero-order valence-corrected chi connectivity index (χ0v) is 14.0. The summed E-state index contributed by atoms with van der Waals surface area (Å²) in [7, 11) is 3.33. The van der Waals surface area contributed by atoms with Crippen LogP contribution in [0.3, 0.4) is 0 Å². The van der Waals surface area contributed by atoms with Crippen molar-refractivity contribution in [1.82, 2.24) is 5.32 Å². The number of nitrogens with zero attached hydrogens (tertiary/aromatic N) is 1. The highest BCUT2D eigenvalue weighted by molar-refractivity contribution is 8.13. The van der Waals surface area contributed by atoms with Crippen LogP contribution in [0.2, 0.25) is 0 Å². The first kappa shape index (κ1) is 16.0. The molecule has 0 aliphatic carbocycles. The summed E-state index contributed by atoms with van der Waals surface area (Å²) in [6, 6.07) is 6.38. The molecule has 1 aliphatic rings. The van der Waals surface area contributed by atoms with Gasteiger partial charge in [0.2, 0.25) is 0 Å². The number of benzene rings is 1. The summed E-state index contributed by atoms with van der Waals surface area (Å²) in [5.74, 6) is 3.38. The third kappa shape index (κ3) is 4.30. The van der Waals surface area contributed by atoms with Crippen LogP contribution < -0.4 is 14.8 Å². The molecule has 21 heavy (non-hydrogen) atoms. The second-order valence-corrected chi connectivity index (χ2v) is 6.51. The van der Waals surface area contributed by atoms with Gasteiger partial charge in [-0.1, -0.05) is 25.6 Å². The summed E-state index contributed by atoms with van der Waals surface area (Å²) >= 11 is 1.80. The maximum atomic E-state index is 5.41. The van der Waals surface area contributed by atoms with Gasteiger partial charge in [-0.25, -0.2) is 0 Å². The zero-order valence-electron chi connectivity index (χ0n) is 13.2. The average molecular weight is 308 g/mol. The van der Waals surface area contributed by atoms with E-state index in [9.17, 15) is 0 Å². The van der Waals surface area contributed by atoms with Crippen LogP contribution >= 0.6 is 11.8 Å². The molecule has 0 radical (unpaired) electrons. The van der Waals surface area contributed by atoms with Crippen molar-refractivity contribution in [3.63, 3.8) is 0 Å². The lowest BCUT2D eigenvalue weighted by Gasteiger charge is -2.28. The summed E-state index contributed by atoms with van der Waals surface area (Å²) in [6.07, 6.45) is 1.20. The molecule has 1 aromatic carbocycles. The molecule has 116 valence electrons. The van der Waals surface area contributed by atoms with Gasteiger partial charge in [-0.15, -0.1) is 0 Å². The fraction of sp³-hybridized carbons (Fsp3) is 0.562. The highest BCUT2D eigenvalue weighted by Crippen LogP contribution is 2.26. The lowest BCUT2D eigenvalue weighted by Crippen LogP contribution is -2.41. The predicted molar refractivity (Wildman–Crippen MR) is 89.5 cm³/mol. The molecule has 0 saturated carbocycles. The minimum absolute atomic E-state index is 0.530. The number of hydrogen-bond donors (Lipinski definition) is 1. The first-order chi connectivity index (χ1) is 10.1. The number of aliphatic imine (C=N–C) groups is 1. The number of amidine groups is 1. The Morgan fingerprint density at radius 1 is 1.33 bits per heavy atom. The van der Waals surface area contributed by atoms with E-state index >= 15 is 0 Å². The lowest BCUT2D eigenvalue weighted by atomic mass is 10.0. The van der Waals surface area contributed by atoms with Gasteiger partial charge in [0.15, 0.2) is 5.17 Å². The first-order valence-corrected chi connectivity index (χ1v) is 8.27. The Balaban J connectivity index is 2.06. The molecule has 0 bridgehead atoms. The van der Waals surface area contributed by atoms with Crippen LogP contribution in [0.1, 0.15) is 25.8 Å². The fourth-order valence-electron chi connectivity index (χ4n) is 2.29. The van der Waals surface area contributed by atoms with Crippen molar-refractivity contribution in [3.05, 3.63) is 23.8 Å². The summed E-state index contributed by atoms with van der Waals surface area (Å²) < 4.78 is 10.6. The number of thioether (sulfide) groups is 1. The first-order valence-electron chi connectivity index (χ1n) is 7.28. The molecular formula is C16H24N2O2S. The Morgan fingerprint density at radius 3 is 2.81 bits per heavy atom. The Labute approximate surface area is 131 Å². The van der Waals surface area contributed by atoms with Gasteiger partial charge in [0.25, 0.3) is 0 Å². The second kappa shape index (κ2) is 7.59. The van der Waals surface area contributed by atoms with E-state index in [2.05, 4.69) is 19.2 Å². The molecular weight excluding hydrogens is 284 g/mol. The number of nitrogens with one attached hydrogen (secondary N) is 1. The molecule has 0 amide bonds. The summed E-state index contributed by atoms with van der Waals surface area (Å²) in [5.41, 5.74) is 1.07. The summed E-state index contributed by atoms with van der Waals surface area (Å²) in [5, 5.41) is 4.57. The molecule has 1 saturated heterocycles. The van der Waals surface area contributed by atoms with Crippen LogP contribution in [-0.4, -0.2) is 31.2 Å². The van der Waals surface area contributed by atoms with Crippen molar-refractivity contribution >= 4 is 16.9 Å². The maximum absolute atomic E-state index is 5.41. The van der Waals surface area contributed by atoms with E-state index in [1.165, 1.54) is 6.42 Å². The van der Waals surface area contributed by atoms with Crippen molar-refractivity contribution in [2.75, 3.05) is 20.0 Å². The molecule has 1 aliphatic heterocycles. The maximum Gasteiger partial charge on any atom is 0.157 e. The molecule has 4 nitrogen and oxygen atoms in total. The predicted octanol–water partition coefficient (Wildman–Crippen LogP) is 3.31. The largest absolute Gasteiger partial charge is 0.497 e. The molecule has 1 atom stereocenters. The van der Waals surface area contributed by atoms with Gasteiger partial charge in [0.05, 0.1) is 20.8 Å². The third-order valence-electron chi connectivity index (χ3n) is 3.67. The van der Waals surface area contributed by atoms with Crippen molar-refractivity contribution < 1.29 is 9.47 Å². The third-order valence-corrected chi connectivity index (χ3v) is 4.63. The van der Waals surface area contributed by atoms with E-state index in [0.29, 0.717) is 18.5 Å². The van der Waals surface area contributed by atoms with Crippen LogP contribution in [0.25, 0.3) is 0 Å². The Hall–Kier alpha value is -1.36. The zero-order chi connectivity index (χ0) is 15.2. The highest BCUT2D eigenvalue weighted by atomic mass is 32.2. The lowest BCUT2D eigenvalue weighted by molar-refractivity contribution is 0.391. The molecule has 1 heterocycles. The van der Waals surface area contributed by atoms with Crippen LogP contribution in [0.15, 0.2) is 23.2 Å². The van der Waals surface area contributed by atoms with Crippen LogP contribution in [0.5, 0.6) is 11.5 Å². The average Bonchev–Trinajstić information content (AvgIpc) is 2.53. The summed E-state index contributed by atoms with van der Waals surface area (Å²) in [4.78, 5) is 4.70. The van der Waals surface area contributed by atoms with E-state index < -0.39 is 0 Å². The Kier molecular flexibility index (Phi) is 5.79. The van der Waals surface area contributed by atoms with Gasteiger partial charge in [0.1, 0.15) is 11.5 Å². The van der Waals surface area contributed by atoms with Gasteiger partial charge in [-0.2, -0.15) is 0 Å². The Bertz CT molecular complexity index is 503. The van der Waals surface area contributed by atoms with Crippen LogP contribution in [-0.2, 0) is 6.54 Å². The molecule has 1 N–H and O–H groups in total. The van der Waals surface area contributed by atoms with E-state index in [1.54, 1.807) is 26.0 Å². The normalized spacial score (nSPS) is 20.4. The number of hydrogen-bond acceptors (Lipinski definition) is 4. The summed E-state index contributed by atoms with van der Waals surface area (Å²) in [6.45, 7) is 5.11. The van der Waals surface area contributed by atoms with Crippen LogP contribution in [0.4, 0.5) is 0 Å². The molecule has 1 aromatic rings. The number of rotatable bonds is 5. The van der Waals surface area contributed by atoms with Crippen molar-refractivity contribution in [2.24, 2.45) is 10.9 Å². The molecule has 2 rings (SSSR count). The second-order valence-electron chi connectivity index (χ2n) is 5.43. The van der Waals surface area contributed by atoms with Gasteiger partial charge >= 0.3 is 0 Å². The highest BCUT2D eigenvalue weighted by Gasteiger charge is 2.20. The smallest absolute Gasteiger partial charge is 0.157 e. The van der Waals surface area contributed by atoms with E-state index in [0.717, 1.165) is 28.0 Å². The molecule has 5 heteroatoms. The monoisotopic (exact) mass is 308 g/mol. The quantitative estimate of drug-likeness (QED) is 0.906. The minimum atomic E-state index is 0.530. The minimum Gasteiger partial charge on any atom is -0.497 e. The molecule has 1 fully saturated rings. The standard InChI is InChI=1S/C16H24N2O2S/c1-11(2)14-7-8-21-16(18-14)17-10-12-5-6-13(19-3)9-15(12)20-4/h5-6,9,11,14H,7-8,10H2,1-4H3,(H,17,18). The van der Waals surface area contributed by atoms with E-state index in [-0.39, 0.29) is 0 Å². The van der Waals surface area contributed by atoms with E-state index in [4.69, 9.17) is 14.5 Å². The molecule has 0 aromatic heterocycles. The number of ether oxygens (including phenoxy) is 2. The topological polar surface area (TPSA) is 42.8 Å². The number of methoxy groups -OCH3 is 2. The van der Waals surface area contributed by atoms with Gasteiger partial charge in [-0.05, 0) is 24.5 Å². The molecule has 1 unspecified atom stereocenters. The van der Waals surface area contributed by atoms with Gasteiger partial charge < -0.3 is 14.8 Å². The van der Waals surface area contributed by atoms with Crippen molar-refractivity contribution in [2.45, 2.75) is 32.9 Å². The van der Waals surface area contributed by atoms with Crippen molar-refractivity contribution in [3.8, 4) is 11.5 Å². The molecule has 0 spiro atoms. The van der Waals surface area contributed by atoms with E-state index in [1.807, 2.05) is 18.2 Å². The van der Waals surface area contributed by atoms with Gasteiger partial charge in [-0.3, -0.25) is 4.99 Å². The van der Waals surface area contributed by atoms with Crippen molar-refractivity contribution in [1.29, 1.82) is 0 Å². The fourth-order valence-corrected chi connectivity index (χ4v) is 3.24. The Morgan fingerprint density at radius 2 is 2.14 bits per heavy atom. The van der Waals surface area contributed by atoms with Crippen LogP contribution in [0, 0.1) is 5.92 Å². The van der Waals surface area contributed by atoms with Gasteiger partial charge in [0, 0.05) is 23.4 Å². The SMILES string of the molecule is COc1ccc(CN=C2NC(C(C)C)CCS2)c(OC)c1.